The Morgan fingerprint density at radius 2 is 1.24 bits per heavy atom. The molecule has 55 heavy (non-hydrogen) atoms. The number of rotatable bonds is 9. The molecule has 6 nitrogen and oxygen atoms in total. The van der Waals surface area contributed by atoms with Crippen molar-refractivity contribution < 1.29 is 19.4 Å². The minimum atomic E-state index is -0.948. The van der Waals surface area contributed by atoms with E-state index in [0.717, 1.165) is 42.1 Å². The van der Waals surface area contributed by atoms with Crippen molar-refractivity contribution in [2.45, 2.75) is 47.9 Å². The van der Waals surface area contributed by atoms with Crippen LogP contribution in [0, 0.1) is 0 Å². The number of H-pyrrole nitrogens is 1. The van der Waals surface area contributed by atoms with Crippen molar-refractivity contribution in [2.75, 3.05) is 6.61 Å². The van der Waals surface area contributed by atoms with Crippen LogP contribution in [0.1, 0.15) is 48.3 Å². The molecule has 0 radical (unpaired) electrons. The number of fused-ring (bicyclic) bond motifs is 2. The minimum Gasteiger partial charge on any atom is -0.477 e. The second kappa shape index (κ2) is 22.7. The van der Waals surface area contributed by atoms with Gasteiger partial charge in [0.25, 0.3) is 0 Å². The van der Waals surface area contributed by atoms with E-state index in [0.29, 0.717) is 33.8 Å². The predicted molar refractivity (Wildman–Crippen MR) is 243 cm³/mol. The number of carboxylic acid groups (broad SMARTS) is 1. The average molecular weight is 886 g/mol. The Morgan fingerprint density at radius 1 is 0.727 bits per heavy atom. The second-order valence-corrected chi connectivity index (χ2v) is 17.5. The molecule has 0 bridgehead atoms. The highest BCUT2D eigenvalue weighted by molar-refractivity contribution is 8.51. The van der Waals surface area contributed by atoms with E-state index in [9.17, 15) is 14.7 Å². The number of halogens is 2. The Balaban J connectivity index is 0.000000265. The average Bonchev–Trinajstić information content (AvgIpc) is 3.67. The molecule has 0 aliphatic carbocycles. The van der Waals surface area contributed by atoms with E-state index in [2.05, 4.69) is 27.4 Å². The molecule has 0 saturated carbocycles. The largest absolute Gasteiger partial charge is 0.477 e. The highest BCUT2D eigenvalue weighted by atomic mass is 35.5. The molecule has 2 aromatic heterocycles. The lowest BCUT2D eigenvalue weighted by Gasteiger charge is -2.09. The third-order valence-corrected chi connectivity index (χ3v) is 12.5. The summed E-state index contributed by atoms with van der Waals surface area (Å²) in [6.07, 6.45) is 0. The summed E-state index contributed by atoms with van der Waals surface area (Å²) in [7, 11) is 2.34. The van der Waals surface area contributed by atoms with Gasteiger partial charge in [-0.2, -0.15) is 0 Å². The summed E-state index contributed by atoms with van der Waals surface area (Å²) in [5.41, 5.74) is 3.52. The summed E-state index contributed by atoms with van der Waals surface area (Å²) in [6.45, 7) is 2.61. The quantitative estimate of drug-likeness (QED) is 0.139. The smallest absolute Gasteiger partial charge is 0.355 e. The van der Waals surface area contributed by atoms with Gasteiger partial charge in [0, 0.05) is 82.8 Å². The van der Waals surface area contributed by atoms with Crippen molar-refractivity contribution in [2.24, 2.45) is 0 Å². The molecule has 2 N–H and O–H groups in total. The Morgan fingerprint density at radius 3 is 1.76 bits per heavy atom. The van der Waals surface area contributed by atoms with E-state index in [1.54, 1.807) is 19.1 Å². The van der Waals surface area contributed by atoms with Gasteiger partial charge >= 0.3 is 11.9 Å². The fourth-order valence-electron chi connectivity index (χ4n) is 5.35. The SMILES string of the molecule is C.C.CCOC(=O)c1[nH]c2ccc(Cl)cc2c1Sc1ccccc1.O=C(O)c1c(Sc2ccccc2)c2cc(Cl)ccc2n1Cc1ccccc1.S=S=S=S. The number of hydrogen-bond acceptors (Lipinski definition) is 7. The summed E-state index contributed by atoms with van der Waals surface area (Å²) >= 11 is 24.0. The zero-order valence-corrected chi connectivity index (χ0v) is 34.3. The lowest BCUT2D eigenvalue weighted by Crippen LogP contribution is -2.10. The van der Waals surface area contributed by atoms with Crippen LogP contribution in [-0.2, 0) is 51.4 Å². The van der Waals surface area contributed by atoms with Crippen molar-refractivity contribution >= 4 is 121 Å². The molecule has 2 heterocycles. The predicted octanol–water partition coefficient (Wildman–Crippen LogP) is 12.6. The zero-order chi connectivity index (χ0) is 37.7. The van der Waals surface area contributed by atoms with Gasteiger partial charge in [-0.25, -0.2) is 9.59 Å². The lowest BCUT2D eigenvalue weighted by molar-refractivity contribution is 0.0516. The van der Waals surface area contributed by atoms with Gasteiger partial charge in [0.2, 0.25) is 0 Å². The molecule has 0 spiro atoms. The summed E-state index contributed by atoms with van der Waals surface area (Å²) in [5.74, 6) is -1.30. The number of esters is 1. The van der Waals surface area contributed by atoms with Gasteiger partial charge in [-0.3, -0.25) is 0 Å². The monoisotopic (exact) mass is 884 g/mol. The molecule has 0 fully saturated rings. The second-order valence-electron chi connectivity index (χ2n) is 10.9. The number of aromatic carboxylic acids is 1. The summed E-state index contributed by atoms with van der Waals surface area (Å²) < 4.78 is 7.01. The number of carbonyl (C=O) groups is 2. The molecule has 0 saturated heterocycles. The summed E-state index contributed by atoms with van der Waals surface area (Å²) in [5, 5.41) is 13.0. The van der Waals surface area contributed by atoms with Gasteiger partial charge in [-0.05, 0) is 73.2 Å². The topological polar surface area (TPSA) is 84.3 Å². The number of hydrogen-bond donors (Lipinski definition) is 2. The van der Waals surface area contributed by atoms with Crippen LogP contribution in [0.15, 0.2) is 147 Å². The van der Waals surface area contributed by atoms with Crippen LogP contribution in [-0.4, -0.2) is 33.2 Å². The Hall–Kier alpha value is -3.72. The van der Waals surface area contributed by atoms with E-state index in [1.807, 2.05) is 120 Å². The third-order valence-electron chi connectivity index (χ3n) is 7.51. The van der Waals surface area contributed by atoms with Gasteiger partial charge in [0.1, 0.15) is 11.4 Å². The van der Waals surface area contributed by atoms with Crippen molar-refractivity contribution in [1.29, 1.82) is 0 Å². The van der Waals surface area contributed by atoms with Crippen molar-refractivity contribution in [1.82, 2.24) is 9.55 Å². The molecular formula is C41H38Cl2N2O4S6. The summed E-state index contributed by atoms with van der Waals surface area (Å²) in [6, 6.07) is 40.6. The van der Waals surface area contributed by atoms with E-state index in [1.165, 1.54) is 41.3 Å². The van der Waals surface area contributed by atoms with Crippen LogP contribution in [0.5, 0.6) is 0 Å². The lowest BCUT2D eigenvalue weighted by atomic mass is 10.2. The highest BCUT2D eigenvalue weighted by Crippen LogP contribution is 2.40. The molecular weight excluding hydrogens is 848 g/mol. The maximum atomic E-state index is 12.2. The van der Waals surface area contributed by atoms with Gasteiger partial charge in [-0.1, -0.05) is 128 Å². The fraction of sp³-hybridized carbons (Fsp3) is 0.122. The normalized spacial score (nSPS) is 10.1. The first-order valence-corrected chi connectivity index (χ1v) is 22.2. The number of ether oxygens (including phenoxy) is 1. The number of aromatic nitrogens is 2. The van der Waals surface area contributed by atoms with Crippen LogP contribution < -0.4 is 0 Å². The van der Waals surface area contributed by atoms with Gasteiger partial charge in [-0.15, -0.1) is 0 Å². The van der Waals surface area contributed by atoms with E-state index >= 15 is 0 Å². The van der Waals surface area contributed by atoms with Crippen LogP contribution in [0.2, 0.25) is 10.0 Å². The molecule has 0 unspecified atom stereocenters. The number of aromatic amines is 1. The van der Waals surface area contributed by atoms with Crippen molar-refractivity contribution in [3.63, 3.8) is 0 Å². The first kappa shape index (κ1) is 45.7. The number of carbonyl (C=O) groups excluding carboxylic acids is 1. The van der Waals surface area contributed by atoms with E-state index in [-0.39, 0.29) is 26.5 Å². The molecule has 7 aromatic rings. The van der Waals surface area contributed by atoms with E-state index in [4.69, 9.17) is 27.9 Å². The Labute approximate surface area is 355 Å². The standard InChI is InChI=1S/C22H16ClNO2S.C17H14ClNO2S.2CH4.S4/c23-16-11-12-19-18(13-16)21(27-17-9-5-2-6-10-17)20(22(25)26)24(19)14-15-7-3-1-4-8-15;1-2-21-17(20)15-16(22-12-6-4-3-5-7-12)13-10-11(18)8-9-14(13)19-15;;;1-3-4-2/h1-13H,14H2,(H,25,26);3-10,19H,2H2,1H3;2*1H4;. The minimum absolute atomic E-state index is 0. The first-order valence-electron chi connectivity index (χ1n) is 15.9. The molecule has 0 amide bonds. The van der Waals surface area contributed by atoms with Crippen molar-refractivity contribution in [3.8, 4) is 0 Å². The van der Waals surface area contributed by atoms with Gasteiger partial charge in [0.15, 0.2) is 0 Å². The van der Waals surface area contributed by atoms with Gasteiger partial charge < -0.3 is 19.4 Å². The first-order chi connectivity index (χ1) is 25.7. The maximum absolute atomic E-state index is 12.2. The van der Waals surface area contributed by atoms with Gasteiger partial charge in [0.05, 0.1) is 21.9 Å². The zero-order valence-electron chi connectivity index (χ0n) is 27.9. The molecule has 0 aliphatic rings. The Kier molecular flexibility index (Phi) is 18.9. The van der Waals surface area contributed by atoms with Crippen LogP contribution in [0.4, 0.5) is 0 Å². The maximum Gasteiger partial charge on any atom is 0.355 e. The number of nitrogens with zero attached hydrogens (tertiary/aromatic N) is 1. The summed E-state index contributed by atoms with van der Waals surface area (Å²) in [4.78, 5) is 31.1. The highest BCUT2D eigenvalue weighted by Gasteiger charge is 2.24. The van der Waals surface area contributed by atoms with Crippen molar-refractivity contribution in [3.05, 3.63) is 154 Å². The van der Waals surface area contributed by atoms with E-state index < -0.39 is 5.97 Å². The molecule has 5 aromatic carbocycles. The Bertz CT molecular complexity index is 2420. The molecule has 14 heteroatoms. The fourth-order valence-corrected chi connectivity index (χ4v) is 7.83. The molecule has 0 aliphatic heterocycles. The molecule has 7 rings (SSSR count). The molecule has 286 valence electrons. The molecule has 0 atom stereocenters. The third kappa shape index (κ3) is 12.1. The van der Waals surface area contributed by atoms with Crippen LogP contribution >= 0.6 is 46.7 Å². The van der Waals surface area contributed by atoms with Crippen LogP contribution in [0.3, 0.4) is 0 Å². The van der Waals surface area contributed by atoms with Crippen LogP contribution in [0.25, 0.3) is 21.8 Å². The number of nitrogens with one attached hydrogen (secondary N) is 1. The number of carboxylic acids is 1. The number of benzene rings is 5.